The van der Waals surface area contributed by atoms with Crippen LogP contribution in [0.1, 0.15) is 25.2 Å². The Morgan fingerprint density at radius 3 is 2.44 bits per heavy atom. The highest BCUT2D eigenvalue weighted by molar-refractivity contribution is 7.89. The molecule has 0 atom stereocenters. The lowest BCUT2D eigenvalue weighted by Gasteiger charge is -2.34. The van der Waals surface area contributed by atoms with Gasteiger partial charge in [-0.25, -0.2) is 8.42 Å². The van der Waals surface area contributed by atoms with Crippen LogP contribution in [0, 0.1) is 0 Å². The SMILES string of the molecule is CCOc1ccc(S(=O)(=O)N2CCN(Cc3ccccc3)CC2)cc1-c1nc(CC)no1. The quantitative estimate of drug-likeness (QED) is 0.514. The maximum absolute atomic E-state index is 13.4. The zero-order valence-electron chi connectivity index (χ0n) is 18.4. The van der Waals surface area contributed by atoms with Crippen molar-refractivity contribution in [2.75, 3.05) is 32.8 Å². The molecule has 8 nitrogen and oxygen atoms in total. The predicted octanol–water partition coefficient (Wildman–Crippen LogP) is 3.20. The Morgan fingerprint density at radius 2 is 1.78 bits per heavy atom. The number of piperazine rings is 1. The van der Waals surface area contributed by atoms with Gasteiger partial charge in [0.1, 0.15) is 5.75 Å². The van der Waals surface area contributed by atoms with Crippen molar-refractivity contribution in [3.05, 3.63) is 59.9 Å². The number of rotatable bonds is 8. The van der Waals surface area contributed by atoms with E-state index in [0.29, 0.717) is 56.3 Å². The number of aromatic nitrogens is 2. The molecule has 170 valence electrons. The summed E-state index contributed by atoms with van der Waals surface area (Å²) in [5, 5.41) is 3.93. The molecule has 2 aromatic carbocycles. The number of hydrogen-bond acceptors (Lipinski definition) is 7. The summed E-state index contributed by atoms with van der Waals surface area (Å²) in [6.07, 6.45) is 0.624. The van der Waals surface area contributed by atoms with E-state index in [2.05, 4.69) is 27.2 Å². The lowest BCUT2D eigenvalue weighted by atomic mass is 10.2. The van der Waals surface area contributed by atoms with Crippen LogP contribution in [0.4, 0.5) is 0 Å². The van der Waals surface area contributed by atoms with Crippen molar-refractivity contribution < 1.29 is 17.7 Å². The van der Waals surface area contributed by atoms with Crippen LogP contribution < -0.4 is 4.74 Å². The standard InChI is InChI=1S/C23H28N4O4S/c1-3-22-24-23(31-25-22)20-16-19(10-11-21(20)30-4-2)32(28,29)27-14-12-26(13-15-27)17-18-8-6-5-7-9-18/h5-11,16H,3-4,12-15,17H2,1-2H3. The zero-order valence-corrected chi connectivity index (χ0v) is 19.2. The zero-order chi connectivity index (χ0) is 22.6. The van der Waals surface area contributed by atoms with Crippen LogP contribution in [0.15, 0.2) is 57.9 Å². The third-order valence-corrected chi connectivity index (χ3v) is 7.38. The minimum atomic E-state index is -3.66. The Labute approximate surface area is 188 Å². The van der Waals surface area contributed by atoms with Crippen molar-refractivity contribution in [3.8, 4) is 17.2 Å². The number of benzene rings is 2. The summed E-state index contributed by atoms with van der Waals surface area (Å²) < 4.78 is 39.3. The number of hydrogen-bond donors (Lipinski definition) is 0. The Bertz CT molecular complexity index is 1140. The summed E-state index contributed by atoms with van der Waals surface area (Å²) in [5.74, 6) is 1.34. The summed E-state index contributed by atoms with van der Waals surface area (Å²) in [4.78, 5) is 6.83. The minimum Gasteiger partial charge on any atom is -0.493 e. The number of sulfonamides is 1. The second kappa shape index (κ2) is 9.81. The van der Waals surface area contributed by atoms with E-state index >= 15 is 0 Å². The fourth-order valence-electron chi connectivity index (χ4n) is 3.74. The molecule has 0 saturated carbocycles. The van der Waals surface area contributed by atoms with Crippen molar-refractivity contribution >= 4 is 10.0 Å². The summed E-state index contributed by atoms with van der Waals surface area (Å²) >= 11 is 0. The molecule has 3 aromatic rings. The van der Waals surface area contributed by atoms with Crippen LogP contribution in [0.3, 0.4) is 0 Å². The third-order valence-electron chi connectivity index (χ3n) is 5.48. The topological polar surface area (TPSA) is 88.8 Å². The predicted molar refractivity (Wildman–Crippen MR) is 121 cm³/mol. The van der Waals surface area contributed by atoms with Gasteiger partial charge in [0, 0.05) is 39.1 Å². The van der Waals surface area contributed by atoms with Crippen LogP contribution in [-0.4, -0.2) is 60.5 Å². The van der Waals surface area contributed by atoms with E-state index in [0.717, 1.165) is 6.54 Å². The van der Waals surface area contributed by atoms with Gasteiger partial charge in [-0.1, -0.05) is 42.4 Å². The van der Waals surface area contributed by atoms with Gasteiger partial charge in [-0.15, -0.1) is 0 Å². The van der Waals surface area contributed by atoms with Crippen LogP contribution in [0.2, 0.25) is 0 Å². The number of aryl methyl sites for hydroxylation is 1. The molecule has 1 saturated heterocycles. The van der Waals surface area contributed by atoms with Gasteiger partial charge in [0.2, 0.25) is 10.0 Å². The lowest BCUT2D eigenvalue weighted by Crippen LogP contribution is -2.48. The molecule has 1 fully saturated rings. The molecular formula is C23H28N4O4S. The molecule has 1 aromatic heterocycles. The van der Waals surface area contributed by atoms with E-state index < -0.39 is 10.0 Å². The molecule has 2 heterocycles. The highest BCUT2D eigenvalue weighted by Gasteiger charge is 2.30. The van der Waals surface area contributed by atoms with Crippen LogP contribution >= 0.6 is 0 Å². The van der Waals surface area contributed by atoms with Gasteiger partial charge in [-0.2, -0.15) is 9.29 Å². The van der Waals surface area contributed by atoms with Crippen molar-refractivity contribution in [1.82, 2.24) is 19.3 Å². The van der Waals surface area contributed by atoms with Gasteiger partial charge in [-0.05, 0) is 30.7 Å². The fourth-order valence-corrected chi connectivity index (χ4v) is 5.19. The summed E-state index contributed by atoms with van der Waals surface area (Å²) in [6.45, 7) is 7.31. The van der Waals surface area contributed by atoms with Gasteiger partial charge >= 0.3 is 0 Å². The second-order valence-corrected chi connectivity index (χ2v) is 9.56. The van der Waals surface area contributed by atoms with Crippen LogP contribution in [-0.2, 0) is 23.0 Å². The van der Waals surface area contributed by atoms with Gasteiger partial charge < -0.3 is 9.26 Å². The maximum atomic E-state index is 13.4. The monoisotopic (exact) mass is 456 g/mol. The van der Waals surface area contributed by atoms with Crippen molar-refractivity contribution in [2.45, 2.75) is 31.7 Å². The summed E-state index contributed by atoms with van der Waals surface area (Å²) in [7, 11) is -3.66. The number of ether oxygens (including phenoxy) is 1. The number of nitrogens with zero attached hydrogens (tertiary/aromatic N) is 4. The highest BCUT2D eigenvalue weighted by Crippen LogP contribution is 2.32. The molecule has 0 radical (unpaired) electrons. The second-order valence-electron chi connectivity index (χ2n) is 7.63. The Kier molecular flexibility index (Phi) is 6.88. The van der Waals surface area contributed by atoms with E-state index in [1.807, 2.05) is 32.0 Å². The first kappa shape index (κ1) is 22.4. The Morgan fingerprint density at radius 1 is 1.03 bits per heavy atom. The third kappa shape index (κ3) is 4.85. The largest absolute Gasteiger partial charge is 0.493 e. The molecule has 4 rings (SSSR count). The van der Waals surface area contributed by atoms with E-state index in [9.17, 15) is 8.42 Å². The molecule has 9 heteroatoms. The van der Waals surface area contributed by atoms with E-state index in [-0.39, 0.29) is 10.8 Å². The normalized spacial score (nSPS) is 15.7. The highest BCUT2D eigenvalue weighted by atomic mass is 32.2. The molecule has 0 aliphatic carbocycles. The molecule has 0 amide bonds. The van der Waals surface area contributed by atoms with E-state index in [1.54, 1.807) is 22.5 Å². The van der Waals surface area contributed by atoms with Crippen LogP contribution in [0.5, 0.6) is 5.75 Å². The molecule has 0 spiro atoms. The van der Waals surface area contributed by atoms with Crippen molar-refractivity contribution in [2.24, 2.45) is 0 Å². The molecule has 0 N–H and O–H groups in total. The summed E-state index contributed by atoms with van der Waals surface area (Å²) in [6, 6.07) is 15.0. The lowest BCUT2D eigenvalue weighted by molar-refractivity contribution is 0.181. The smallest absolute Gasteiger partial charge is 0.261 e. The van der Waals surface area contributed by atoms with Gasteiger partial charge in [0.25, 0.3) is 5.89 Å². The molecule has 32 heavy (non-hydrogen) atoms. The van der Waals surface area contributed by atoms with Gasteiger partial charge in [0.15, 0.2) is 5.82 Å². The summed E-state index contributed by atoms with van der Waals surface area (Å²) in [5.41, 5.74) is 1.72. The maximum Gasteiger partial charge on any atom is 0.261 e. The van der Waals surface area contributed by atoms with Crippen molar-refractivity contribution in [1.29, 1.82) is 0 Å². The molecule has 1 aliphatic rings. The molecule has 0 bridgehead atoms. The first-order valence-electron chi connectivity index (χ1n) is 10.9. The molecule has 0 unspecified atom stereocenters. The molecule has 1 aliphatic heterocycles. The Hall–Kier alpha value is -2.75. The van der Waals surface area contributed by atoms with Gasteiger partial charge in [0.05, 0.1) is 17.1 Å². The van der Waals surface area contributed by atoms with E-state index in [4.69, 9.17) is 9.26 Å². The van der Waals surface area contributed by atoms with Crippen LogP contribution in [0.25, 0.3) is 11.5 Å². The minimum absolute atomic E-state index is 0.198. The molecular weight excluding hydrogens is 428 g/mol. The Balaban J connectivity index is 1.53. The first-order valence-corrected chi connectivity index (χ1v) is 12.3. The fraction of sp³-hybridized carbons (Fsp3) is 0.391. The first-order chi connectivity index (χ1) is 15.5. The average molecular weight is 457 g/mol. The van der Waals surface area contributed by atoms with Crippen molar-refractivity contribution in [3.63, 3.8) is 0 Å². The average Bonchev–Trinajstić information content (AvgIpc) is 3.30. The van der Waals surface area contributed by atoms with Gasteiger partial charge in [-0.3, -0.25) is 4.90 Å². The van der Waals surface area contributed by atoms with E-state index in [1.165, 1.54) is 5.56 Å².